The van der Waals surface area contributed by atoms with Crippen molar-refractivity contribution in [2.24, 2.45) is 5.73 Å². The molecule has 2 N–H and O–H groups in total. The molecule has 0 amide bonds. The summed E-state index contributed by atoms with van der Waals surface area (Å²) in [5.41, 5.74) is 7.45. The van der Waals surface area contributed by atoms with Crippen molar-refractivity contribution < 1.29 is 9.53 Å². The fraction of sp³-hybridized carbons (Fsp3) is 0.111. The highest BCUT2D eigenvalue weighted by Crippen LogP contribution is 2.27. The number of rotatable bonds is 5. The lowest BCUT2D eigenvalue weighted by atomic mass is 9.93. The molecule has 0 aliphatic rings. The number of nitrogens with two attached hydrogens (primary N) is 1. The average molecular weight is 292 g/mol. The van der Waals surface area contributed by atoms with Crippen LogP contribution in [0.3, 0.4) is 0 Å². The first-order valence-electron chi connectivity index (χ1n) is 6.90. The highest BCUT2D eigenvalue weighted by molar-refractivity contribution is 6.05. The van der Waals surface area contributed by atoms with Gasteiger partial charge >= 0.3 is 5.97 Å². The molecule has 0 fully saturated rings. The van der Waals surface area contributed by atoms with Crippen LogP contribution in [0.25, 0.3) is 5.57 Å². The van der Waals surface area contributed by atoms with Crippen LogP contribution in [-0.2, 0) is 9.53 Å². The van der Waals surface area contributed by atoms with Crippen molar-refractivity contribution in [1.82, 2.24) is 0 Å². The summed E-state index contributed by atoms with van der Waals surface area (Å²) in [6.07, 6.45) is 0. The standard InChI is InChI=1S/C18H16N2O2/c19-11-12-22-18(21)16(13-20)17(14-7-3-1-4-8-14)15-9-5-2-6-10-15/h1-10H,11-12,19H2. The number of hydrogen-bond donors (Lipinski definition) is 1. The smallest absolute Gasteiger partial charge is 0.349 e. The first-order valence-corrected chi connectivity index (χ1v) is 6.90. The minimum Gasteiger partial charge on any atom is -0.460 e. The van der Waals surface area contributed by atoms with Crippen LogP contribution in [0.5, 0.6) is 0 Å². The third kappa shape index (κ3) is 3.60. The largest absolute Gasteiger partial charge is 0.460 e. The van der Waals surface area contributed by atoms with Gasteiger partial charge in [-0.15, -0.1) is 0 Å². The normalized spacial score (nSPS) is 9.64. The van der Waals surface area contributed by atoms with Gasteiger partial charge in [-0.25, -0.2) is 4.79 Å². The maximum atomic E-state index is 12.2. The molecule has 0 radical (unpaired) electrons. The van der Waals surface area contributed by atoms with Crippen molar-refractivity contribution in [3.05, 3.63) is 77.4 Å². The summed E-state index contributed by atoms with van der Waals surface area (Å²) in [4.78, 5) is 12.2. The zero-order chi connectivity index (χ0) is 15.8. The van der Waals surface area contributed by atoms with E-state index >= 15 is 0 Å². The molecule has 0 aromatic heterocycles. The van der Waals surface area contributed by atoms with E-state index in [4.69, 9.17) is 10.5 Å². The molecular weight excluding hydrogens is 276 g/mol. The van der Waals surface area contributed by atoms with Gasteiger partial charge in [-0.2, -0.15) is 5.26 Å². The van der Waals surface area contributed by atoms with Gasteiger partial charge in [-0.05, 0) is 11.1 Å². The lowest BCUT2D eigenvalue weighted by Crippen LogP contribution is -2.15. The van der Waals surface area contributed by atoms with Crippen molar-refractivity contribution in [3.8, 4) is 6.07 Å². The minimum atomic E-state index is -0.657. The molecule has 0 bridgehead atoms. The average Bonchev–Trinajstić information content (AvgIpc) is 2.59. The number of ether oxygens (including phenoxy) is 1. The monoisotopic (exact) mass is 292 g/mol. The van der Waals surface area contributed by atoms with Gasteiger partial charge in [0.2, 0.25) is 0 Å². The molecule has 0 saturated carbocycles. The maximum absolute atomic E-state index is 12.2. The summed E-state index contributed by atoms with van der Waals surface area (Å²) in [6, 6.07) is 20.6. The summed E-state index contributed by atoms with van der Waals surface area (Å²) in [6.45, 7) is 0.303. The Morgan fingerprint density at radius 3 is 1.91 bits per heavy atom. The molecule has 0 atom stereocenters. The molecule has 0 saturated heterocycles. The zero-order valence-corrected chi connectivity index (χ0v) is 12.0. The number of hydrogen-bond acceptors (Lipinski definition) is 4. The van der Waals surface area contributed by atoms with E-state index in [9.17, 15) is 10.1 Å². The van der Waals surface area contributed by atoms with Crippen LogP contribution in [0, 0.1) is 11.3 Å². The summed E-state index contributed by atoms with van der Waals surface area (Å²) in [5.74, 6) is -0.657. The molecule has 0 spiro atoms. The van der Waals surface area contributed by atoms with Crippen molar-refractivity contribution in [2.45, 2.75) is 0 Å². The maximum Gasteiger partial charge on any atom is 0.349 e. The Morgan fingerprint density at radius 2 is 1.50 bits per heavy atom. The Kier molecular flexibility index (Phi) is 5.47. The molecule has 22 heavy (non-hydrogen) atoms. The Labute approximate surface area is 129 Å². The van der Waals surface area contributed by atoms with Gasteiger partial charge in [0.25, 0.3) is 0 Å². The van der Waals surface area contributed by atoms with Gasteiger partial charge in [-0.1, -0.05) is 60.7 Å². The van der Waals surface area contributed by atoms with E-state index < -0.39 is 5.97 Å². The second kappa shape index (κ2) is 7.77. The highest BCUT2D eigenvalue weighted by Gasteiger charge is 2.19. The predicted octanol–water partition coefficient (Wildman–Crippen LogP) is 2.51. The van der Waals surface area contributed by atoms with Crippen LogP contribution < -0.4 is 5.73 Å². The van der Waals surface area contributed by atoms with E-state index in [0.29, 0.717) is 5.57 Å². The van der Waals surface area contributed by atoms with Crippen molar-refractivity contribution in [1.29, 1.82) is 5.26 Å². The molecule has 4 heteroatoms. The second-order valence-corrected chi connectivity index (χ2v) is 4.52. The Hall–Kier alpha value is -2.90. The molecule has 2 aromatic carbocycles. The third-order valence-electron chi connectivity index (χ3n) is 3.04. The number of nitriles is 1. The molecule has 0 heterocycles. The topological polar surface area (TPSA) is 76.1 Å². The summed E-state index contributed by atoms with van der Waals surface area (Å²) >= 11 is 0. The quantitative estimate of drug-likeness (QED) is 0.522. The van der Waals surface area contributed by atoms with E-state index in [1.54, 1.807) is 0 Å². The summed E-state index contributed by atoms with van der Waals surface area (Å²) < 4.78 is 5.02. The lowest BCUT2D eigenvalue weighted by Gasteiger charge is -2.11. The first-order chi connectivity index (χ1) is 10.8. The molecule has 2 aromatic rings. The number of carbonyl (C=O) groups is 1. The van der Waals surface area contributed by atoms with Gasteiger partial charge in [0.1, 0.15) is 18.2 Å². The second-order valence-electron chi connectivity index (χ2n) is 4.52. The fourth-order valence-corrected chi connectivity index (χ4v) is 2.09. The van der Waals surface area contributed by atoms with Crippen molar-refractivity contribution in [2.75, 3.05) is 13.2 Å². The Bertz CT molecular complexity index is 659. The Morgan fingerprint density at radius 1 is 1.00 bits per heavy atom. The van der Waals surface area contributed by atoms with Crippen LogP contribution >= 0.6 is 0 Å². The number of benzene rings is 2. The fourth-order valence-electron chi connectivity index (χ4n) is 2.09. The van der Waals surface area contributed by atoms with Gasteiger partial charge in [0, 0.05) is 12.1 Å². The number of carbonyl (C=O) groups excluding carboxylic acids is 1. The molecule has 4 nitrogen and oxygen atoms in total. The molecular formula is C18H16N2O2. The lowest BCUT2D eigenvalue weighted by molar-refractivity contribution is -0.138. The van der Waals surface area contributed by atoms with E-state index in [2.05, 4.69) is 0 Å². The van der Waals surface area contributed by atoms with E-state index in [1.165, 1.54) is 0 Å². The van der Waals surface area contributed by atoms with Crippen LogP contribution in [0.1, 0.15) is 11.1 Å². The van der Waals surface area contributed by atoms with Crippen LogP contribution in [0.15, 0.2) is 66.2 Å². The Balaban J connectivity index is 2.59. The molecule has 0 aliphatic carbocycles. The van der Waals surface area contributed by atoms with Crippen LogP contribution in [0.2, 0.25) is 0 Å². The number of esters is 1. The SMILES string of the molecule is N#CC(C(=O)OCCN)=C(c1ccccc1)c1ccccc1. The minimum absolute atomic E-state index is 0.0224. The molecule has 2 rings (SSSR count). The van der Waals surface area contributed by atoms with Crippen molar-refractivity contribution >= 4 is 11.5 Å². The van der Waals surface area contributed by atoms with Crippen LogP contribution in [0.4, 0.5) is 0 Å². The number of nitrogens with zero attached hydrogens (tertiary/aromatic N) is 1. The van der Waals surface area contributed by atoms with Crippen LogP contribution in [-0.4, -0.2) is 19.1 Å². The first kappa shape index (κ1) is 15.5. The van der Waals surface area contributed by atoms with Gasteiger partial charge in [-0.3, -0.25) is 0 Å². The predicted molar refractivity (Wildman–Crippen MR) is 84.5 cm³/mol. The van der Waals surface area contributed by atoms with Crippen molar-refractivity contribution in [3.63, 3.8) is 0 Å². The van der Waals surface area contributed by atoms with E-state index in [-0.39, 0.29) is 18.7 Å². The summed E-state index contributed by atoms with van der Waals surface area (Å²) in [7, 11) is 0. The zero-order valence-electron chi connectivity index (χ0n) is 12.0. The van der Waals surface area contributed by atoms with Gasteiger partial charge < -0.3 is 10.5 Å². The highest BCUT2D eigenvalue weighted by atomic mass is 16.5. The van der Waals surface area contributed by atoms with Gasteiger partial charge in [0.05, 0.1) is 0 Å². The molecule has 0 aliphatic heterocycles. The van der Waals surface area contributed by atoms with Gasteiger partial charge in [0.15, 0.2) is 0 Å². The molecule has 110 valence electrons. The summed E-state index contributed by atoms with van der Waals surface area (Å²) in [5, 5.41) is 9.45. The van der Waals surface area contributed by atoms with E-state index in [1.807, 2.05) is 66.7 Å². The van der Waals surface area contributed by atoms with E-state index in [0.717, 1.165) is 11.1 Å². The third-order valence-corrected chi connectivity index (χ3v) is 3.04. The molecule has 0 unspecified atom stereocenters.